The fourth-order valence-electron chi connectivity index (χ4n) is 1.89. The SMILES string of the molecule is CCCC(CC(=O)O)Nc1cc(Br)ccc1C(F)(F)F. The van der Waals surface area contributed by atoms with E-state index in [0.29, 0.717) is 17.3 Å². The fraction of sp³-hybridized carbons (Fsp3) is 0.462. The Balaban J connectivity index is 3.04. The number of halogens is 4. The van der Waals surface area contributed by atoms with Gasteiger partial charge in [0.25, 0.3) is 0 Å². The van der Waals surface area contributed by atoms with Gasteiger partial charge in [-0.3, -0.25) is 4.79 Å². The van der Waals surface area contributed by atoms with E-state index >= 15 is 0 Å². The average Bonchev–Trinajstić information content (AvgIpc) is 2.26. The zero-order valence-electron chi connectivity index (χ0n) is 10.8. The van der Waals surface area contributed by atoms with Crippen molar-refractivity contribution in [1.82, 2.24) is 0 Å². The predicted octanol–water partition coefficient (Wildman–Crippen LogP) is 4.52. The molecule has 0 radical (unpaired) electrons. The van der Waals surface area contributed by atoms with E-state index in [1.165, 1.54) is 12.1 Å². The molecule has 1 rings (SSSR count). The molecule has 0 fully saturated rings. The topological polar surface area (TPSA) is 49.3 Å². The van der Waals surface area contributed by atoms with Crippen molar-refractivity contribution in [3.63, 3.8) is 0 Å². The van der Waals surface area contributed by atoms with Crippen LogP contribution in [0.4, 0.5) is 18.9 Å². The number of rotatable bonds is 6. The number of carbonyl (C=O) groups is 1. The number of carboxylic acid groups (broad SMARTS) is 1. The molecule has 0 aliphatic heterocycles. The van der Waals surface area contributed by atoms with Crippen molar-refractivity contribution in [3.8, 4) is 0 Å². The molecule has 0 heterocycles. The zero-order valence-corrected chi connectivity index (χ0v) is 12.4. The summed E-state index contributed by atoms with van der Waals surface area (Å²) in [4.78, 5) is 10.8. The normalized spacial score (nSPS) is 13.1. The number of hydrogen-bond acceptors (Lipinski definition) is 2. The van der Waals surface area contributed by atoms with Crippen molar-refractivity contribution >= 4 is 27.6 Å². The second kappa shape index (κ2) is 6.97. The Kier molecular flexibility index (Phi) is 5.86. The molecule has 2 N–H and O–H groups in total. The van der Waals surface area contributed by atoms with Crippen LogP contribution in [0.2, 0.25) is 0 Å². The molecule has 0 saturated heterocycles. The van der Waals surface area contributed by atoms with Crippen LogP contribution in [0.3, 0.4) is 0 Å². The molecule has 1 aromatic carbocycles. The number of alkyl halides is 3. The highest BCUT2D eigenvalue weighted by Crippen LogP contribution is 2.36. The Hall–Kier alpha value is -1.24. The van der Waals surface area contributed by atoms with E-state index in [1.807, 2.05) is 6.92 Å². The van der Waals surface area contributed by atoms with Crippen LogP contribution in [-0.2, 0) is 11.0 Å². The molecule has 0 saturated carbocycles. The van der Waals surface area contributed by atoms with Crippen LogP contribution < -0.4 is 5.32 Å². The maximum absolute atomic E-state index is 12.9. The van der Waals surface area contributed by atoms with Gasteiger partial charge in [0, 0.05) is 16.2 Å². The Morgan fingerprint density at radius 3 is 2.60 bits per heavy atom. The summed E-state index contributed by atoms with van der Waals surface area (Å²) in [7, 11) is 0. The third-order valence-corrected chi connectivity index (χ3v) is 3.20. The molecule has 0 aliphatic carbocycles. The fourth-order valence-corrected chi connectivity index (χ4v) is 2.25. The maximum atomic E-state index is 12.9. The number of carboxylic acids is 1. The second-order valence-electron chi connectivity index (χ2n) is 4.42. The zero-order chi connectivity index (χ0) is 15.3. The lowest BCUT2D eigenvalue weighted by Gasteiger charge is -2.21. The molecule has 112 valence electrons. The highest BCUT2D eigenvalue weighted by atomic mass is 79.9. The first-order valence-electron chi connectivity index (χ1n) is 6.09. The van der Waals surface area contributed by atoms with E-state index in [4.69, 9.17) is 5.11 Å². The first kappa shape index (κ1) is 16.8. The minimum atomic E-state index is -4.48. The van der Waals surface area contributed by atoms with Crippen LogP contribution >= 0.6 is 15.9 Å². The van der Waals surface area contributed by atoms with Gasteiger partial charge in [0.15, 0.2) is 0 Å². The van der Waals surface area contributed by atoms with Gasteiger partial charge in [0.1, 0.15) is 0 Å². The molecule has 20 heavy (non-hydrogen) atoms. The molecule has 1 aromatic rings. The third-order valence-electron chi connectivity index (χ3n) is 2.70. The summed E-state index contributed by atoms with van der Waals surface area (Å²) in [5.74, 6) is -1.04. The van der Waals surface area contributed by atoms with Gasteiger partial charge in [0.05, 0.1) is 12.0 Å². The van der Waals surface area contributed by atoms with Crippen LogP contribution in [0.25, 0.3) is 0 Å². The van der Waals surface area contributed by atoms with E-state index in [1.54, 1.807) is 0 Å². The lowest BCUT2D eigenvalue weighted by atomic mass is 10.1. The smallest absolute Gasteiger partial charge is 0.418 e. The van der Waals surface area contributed by atoms with Gasteiger partial charge in [-0.15, -0.1) is 0 Å². The summed E-state index contributed by atoms with van der Waals surface area (Å²) in [5.41, 5.74) is -0.904. The number of benzene rings is 1. The van der Waals surface area contributed by atoms with Crippen molar-refractivity contribution in [2.75, 3.05) is 5.32 Å². The van der Waals surface area contributed by atoms with Gasteiger partial charge in [-0.2, -0.15) is 13.2 Å². The monoisotopic (exact) mass is 353 g/mol. The summed E-state index contributed by atoms with van der Waals surface area (Å²) in [6.07, 6.45) is -3.54. The van der Waals surface area contributed by atoms with Gasteiger partial charge in [-0.25, -0.2) is 0 Å². The van der Waals surface area contributed by atoms with Crippen molar-refractivity contribution < 1.29 is 23.1 Å². The number of anilines is 1. The molecule has 7 heteroatoms. The summed E-state index contributed by atoms with van der Waals surface area (Å²) in [6, 6.07) is 3.05. The van der Waals surface area contributed by atoms with E-state index in [9.17, 15) is 18.0 Å². The maximum Gasteiger partial charge on any atom is 0.418 e. The average molecular weight is 354 g/mol. The van der Waals surface area contributed by atoms with Gasteiger partial charge in [-0.05, 0) is 24.6 Å². The highest BCUT2D eigenvalue weighted by Gasteiger charge is 2.34. The second-order valence-corrected chi connectivity index (χ2v) is 5.33. The molecule has 1 unspecified atom stereocenters. The van der Waals surface area contributed by atoms with Crippen LogP contribution in [0.1, 0.15) is 31.7 Å². The van der Waals surface area contributed by atoms with Crippen LogP contribution in [-0.4, -0.2) is 17.1 Å². The van der Waals surface area contributed by atoms with Crippen LogP contribution in [0.15, 0.2) is 22.7 Å². The quantitative estimate of drug-likeness (QED) is 0.790. The van der Waals surface area contributed by atoms with E-state index in [-0.39, 0.29) is 12.1 Å². The molecule has 0 aromatic heterocycles. The largest absolute Gasteiger partial charge is 0.481 e. The summed E-state index contributed by atoms with van der Waals surface area (Å²) >= 11 is 3.12. The van der Waals surface area contributed by atoms with E-state index in [2.05, 4.69) is 21.2 Å². The lowest BCUT2D eigenvalue weighted by Crippen LogP contribution is -2.24. The third kappa shape index (κ3) is 5.03. The molecule has 0 aliphatic rings. The molecule has 0 amide bonds. The van der Waals surface area contributed by atoms with Crippen molar-refractivity contribution in [2.45, 2.75) is 38.4 Å². The molecular weight excluding hydrogens is 339 g/mol. The van der Waals surface area contributed by atoms with Crippen molar-refractivity contribution in [2.24, 2.45) is 0 Å². The van der Waals surface area contributed by atoms with E-state index in [0.717, 1.165) is 6.07 Å². The minimum Gasteiger partial charge on any atom is -0.481 e. The Morgan fingerprint density at radius 1 is 1.45 bits per heavy atom. The molecule has 0 spiro atoms. The number of aliphatic carboxylic acids is 1. The summed E-state index contributed by atoms with van der Waals surface area (Å²) in [6.45, 7) is 1.85. The van der Waals surface area contributed by atoms with Crippen molar-refractivity contribution in [1.29, 1.82) is 0 Å². The Labute approximate surface area is 123 Å². The first-order valence-corrected chi connectivity index (χ1v) is 6.88. The predicted molar refractivity (Wildman–Crippen MR) is 73.7 cm³/mol. The van der Waals surface area contributed by atoms with Crippen LogP contribution in [0, 0.1) is 0 Å². The first-order chi connectivity index (χ1) is 9.24. The van der Waals surface area contributed by atoms with Crippen LogP contribution in [0.5, 0.6) is 0 Å². The van der Waals surface area contributed by atoms with Crippen molar-refractivity contribution in [3.05, 3.63) is 28.2 Å². The Morgan fingerprint density at radius 2 is 2.10 bits per heavy atom. The molecular formula is C13H15BrF3NO2. The Bertz CT molecular complexity index is 477. The lowest BCUT2D eigenvalue weighted by molar-refractivity contribution is -0.137. The van der Waals surface area contributed by atoms with Gasteiger partial charge >= 0.3 is 12.1 Å². The highest BCUT2D eigenvalue weighted by molar-refractivity contribution is 9.10. The van der Waals surface area contributed by atoms with Gasteiger partial charge in [-0.1, -0.05) is 29.3 Å². The minimum absolute atomic E-state index is 0.105. The summed E-state index contributed by atoms with van der Waals surface area (Å²) in [5, 5.41) is 11.5. The number of hydrogen-bond donors (Lipinski definition) is 2. The molecule has 0 bridgehead atoms. The number of nitrogens with one attached hydrogen (secondary N) is 1. The van der Waals surface area contributed by atoms with Gasteiger partial charge < -0.3 is 10.4 Å². The summed E-state index contributed by atoms with van der Waals surface area (Å²) < 4.78 is 39.2. The molecule has 3 nitrogen and oxygen atoms in total. The van der Waals surface area contributed by atoms with Gasteiger partial charge in [0.2, 0.25) is 0 Å². The standard InChI is InChI=1S/C13H15BrF3NO2/c1-2-3-9(7-12(19)20)18-11-6-8(14)4-5-10(11)13(15,16)17/h4-6,9,18H,2-3,7H2,1H3,(H,19,20). The molecule has 1 atom stereocenters. The van der Waals surface area contributed by atoms with E-state index < -0.39 is 23.8 Å².